The highest BCUT2D eigenvalue weighted by atomic mass is 19.4. The number of hydrogen-bond acceptors (Lipinski definition) is 1. The number of anilines is 1. The summed E-state index contributed by atoms with van der Waals surface area (Å²) in [5, 5.41) is 2.55. The lowest BCUT2D eigenvalue weighted by atomic mass is 9.86. The Bertz CT molecular complexity index is 1190. The fraction of sp³-hybridized carbons (Fsp3) is 0.269. The van der Waals surface area contributed by atoms with Gasteiger partial charge in [-0.05, 0) is 66.3 Å². The van der Waals surface area contributed by atoms with E-state index in [2.05, 4.69) is 5.32 Å². The van der Waals surface area contributed by atoms with Crippen LogP contribution in [0.2, 0.25) is 0 Å². The highest BCUT2D eigenvalue weighted by Crippen LogP contribution is 2.37. The Labute approximate surface area is 198 Å². The fourth-order valence-corrected chi connectivity index (χ4v) is 4.34. The topological polar surface area (TPSA) is 32.3 Å². The Balaban J connectivity index is 1.65. The van der Waals surface area contributed by atoms with E-state index < -0.39 is 29.5 Å². The van der Waals surface area contributed by atoms with Gasteiger partial charge in [0.15, 0.2) is 0 Å². The maximum atomic E-state index is 13.4. The molecule has 0 spiro atoms. The molecule has 0 bridgehead atoms. The van der Waals surface area contributed by atoms with Crippen LogP contribution in [-0.2, 0) is 25.3 Å². The molecule has 0 aromatic heterocycles. The lowest BCUT2D eigenvalue weighted by molar-refractivity contribution is -0.138. The summed E-state index contributed by atoms with van der Waals surface area (Å²) in [7, 11) is 0. The van der Waals surface area contributed by atoms with Gasteiger partial charge in [-0.2, -0.15) is 26.3 Å². The normalized spacial score (nSPS) is 15.9. The van der Waals surface area contributed by atoms with Crippen molar-refractivity contribution in [2.45, 2.75) is 44.2 Å². The second-order valence-electron chi connectivity index (χ2n) is 8.44. The quantitative estimate of drug-likeness (QED) is 0.370. The number of nitrogens with zero attached hydrogens (tertiary/aromatic N) is 1. The molecule has 0 heterocycles. The van der Waals surface area contributed by atoms with E-state index in [0.717, 1.165) is 48.2 Å². The minimum Gasteiger partial charge on any atom is -0.313 e. The number of benzene rings is 3. The molecule has 0 saturated heterocycles. The summed E-state index contributed by atoms with van der Waals surface area (Å²) < 4.78 is 78.3. The number of nitrogens with one attached hydrogen (secondary N) is 1. The van der Waals surface area contributed by atoms with Crippen LogP contribution in [0.3, 0.4) is 0 Å². The molecule has 9 heteroatoms. The van der Waals surface area contributed by atoms with Gasteiger partial charge >= 0.3 is 18.4 Å². The van der Waals surface area contributed by atoms with Gasteiger partial charge in [-0.1, -0.05) is 42.5 Å². The molecule has 184 valence electrons. The SMILES string of the molecule is O=C(Nc1cccc(C(F)(F)F)c1)N(Cc1ccc(C(F)(F)F)cc1)C1CCCc2ccccc21. The lowest BCUT2D eigenvalue weighted by Gasteiger charge is -2.36. The summed E-state index contributed by atoms with van der Waals surface area (Å²) in [6.45, 7) is -0.0120. The van der Waals surface area contributed by atoms with Crippen molar-refractivity contribution >= 4 is 11.7 Å². The molecule has 0 saturated carbocycles. The largest absolute Gasteiger partial charge is 0.416 e. The number of urea groups is 1. The molecule has 0 radical (unpaired) electrons. The van der Waals surface area contributed by atoms with Gasteiger partial charge in [-0.25, -0.2) is 4.79 Å². The first kappa shape index (κ1) is 24.6. The van der Waals surface area contributed by atoms with Crippen LogP contribution in [0, 0.1) is 0 Å². The van der Waals surface area contributed by atoms with Gasteiger partial charge in [0.05, 0.1) is 17.2 Å². The number of alkyl halides is 6. The van der Waals surface area contributed by atoms with E-state index in [1.165, 1.54) is 29.2 Å². The first-order valence-electron chi connectivity index (χ1n) is 11.0. The number of carbonyl (C=O) groups is 1. The number of aryl methyl sites for hydroxylation is 1. The molecule has 4 rings (SSSR count). The third-order valence-electron chi connectivity index (χ3n) is 6.05. The zero-order valence-corrected chi connectivity index (χ0v) is 18.5. The number of amides is 2. The number of carbonyl (C=O) groups excluding carboxylic acids is 1. The van der Waals surface area contributed by atoms with E-state index in [4.69, 9.17) is 0 Å². The summed E-state index contributed by atoms with van der Waals surface area (Å²) >= 11 is 0. The van der Waals surface area contributed by atoms with Gasteiger partial charge in [0.1, 0.15) is 0 Å². The molecule has 1 atom stereocenters. The third-order valence-corrected chi connectivity index (χ3v) is 6.05. The van der Waals surface area contributed by atoms with E-state index in [9.17, 15) is 31.1 Å². The second-order valence-corrected chi connectivity index (χ2v) is 8.44. The van der Waals surface area contributed by atoms with Crippen molar-refractivity contribution in [3.05, 3.63) is 101 Å². The van der Waals surface area contributed by atoms with Gasteiger partial charge in [-0.3, -0.25) is 0 Å². The Morgan fingerprint density at radius 2 is 1.54 bits per heavy atom. The average Bonchev–Trinajstić information content (AvgIpc) is 2.81. The van der Waals surface area contributed by atoms with Crippen LogP contribution in [0.1, 0.15) is 46.7 Å². The molecule has 3 aromatic carbocycles. The third kappa shape index (κ3) is 5.78. The first-order chi connectivity index (χ1) is 16.5. The monoisotopic (exact) mass is 492 g/mol. The van der Waals surface area contributed by atoms with Crippen molar-refractivity contribution in [1.29, 1.82) is 0 Å². The van der Waals surface area contributed by atoms with E-state index >= 15 is 0 Å². The van der Waals surface area contributed by atoms with Crippen molar-refractivity contribution in [2.75, 3.05) is 5.32 Å². The number of hydrogen-bond donors (Lipinski definition) is 1. The molecule has 2 amide bonds. The van der Waals surface area contributed by atoms with Crippen LogP contribution in [0.4, 0.5) is 36.8 Å². The minimum atomic E-state index is -4.57. The number of fused-ring (bicyclic) bond motifs is 1. The van der Waals surface area contributed by atoms with Crippen molar-refractivity contribution in [1.82, 2.24) is 4.90 Å². The lowest BCUT2D eigenvalue weighted by Crippen LogP contribution is -2.39. The van der Waals surface area contributed by atoms with Crippen molar-refractivity contribution in [3.8, 4) is 0 Å². The summed E-state index contributed by atoms with van der Waals surface area (Å²) in [6, 6.07) is 15.4. The molecule has 0 fully saturated rings. The first-order valence-corrected chi connectivity index (χ1v) is 11.0. The van der Waals surface area contributed by atoms with Crippen LogP contribution in [0.25, 0.3) is 0 Å². The van der Waals surface area contributed by atoms with Crippen LogP contribution in [0.5, 0.6) is 0 Å². The summed E-state index contributed by atoms with van der Waals surface area (Å²) in [4.78, 5) is 14.8. The maximum Gasteiger partial charge on any atom is 0.416 e. The number of rotatable bonds is 4. The van der Waals surface area contributed by atoms with E-state index in [1.54, 1.807) is 0 Å². The van der Waals surface area contributed by atoms with Crippen LogP contribution >= 0.6 is 0 Å². The molecule has 1 aliphatic carbocycles. The average molecular weight is 492 g/mol. The Hall–Kier alpha value is -3.49. The smallest absolute Gasteiger partial charge is 0.313 e. The highest BCUT2D eigenvalue weighted by molar-refractivity contribution is 5.89. The fourth-order valence-electron chi connectivity index (χ4n) is 4.34. The van der Waals surface area contributed by atoms with Gasteiger partial charge in [0.25, 0.3) is 0 Å². The van der Waals surface area contributed by atoms with Gasteiger partial charge in [-0.15, -0.1) is 0 Å². The van der Waals surface area contributed by atoms with Crippen molar-refractivity contribution < 1.29 is 31.1 Å². The highest BCUT2D eigenvalue weighted by Gasteiger charge is 2.33. The molecule has 35 heavy (non-hydrogen) atoms. The van der Waals surface area contributed by atoms with Crippen LogP contribution in [0.15, 0.2) is 72.8 Å². The second kappa shape index (κ2) is 9.64. The molecule has 0 aliphatic heterocycles. The van der Waals surface area contributed by atoms with E-state index in [0.29, 0.717) is 12.0 Å². The molecule has 3 aromatic rings. The van der Waals surface area contributed by atoms with E-state index in [1.807, 2.05) is 24.3 Å². The predicted octanol–water partition coefficient (Wildman–Crippen LogP) is 7.84. The maximum absolute atomic E-state index is 13.4. The van der Waals surface area contributed by atoms with Crippen LogP contribution < -0.4 is 5.32 Å². The summed E-state index contributed by atoms with van der Waals surface area (Å²) in [6.07, 6.45) is -6.81. The van der Waals surface area contributed by atoms with Crippen LogP contribution in [-0.4, -0.2) is 10.9 Å². The standard InChI is InChI=1S/C26H22F6N2O/c27-25(28,29)19-13-11-17(12-14-19)16-34(23-10-3-6-18-5-1-2-9-22(18)23)24(35)33-21-8-4-7-20(15-21)26(30,31)32/h1-2,4-5,7-9,11-15,23H,3,6,10,16H2,(H,33,35). The molecular formula is C26H22F6N2O. The molecule has 3 nitrogen and oxygen atoms in total. The zero-order valence-electron chi connectivity index (χ0n) is 18.5. The van der Waals surface area contributed by atoms with Gasteiger partial charge < -0.3 is 10.2 Å². The number of halogens is 6. The van der Waals surface area contributed by atoms with Crippen molar-refractivity contribution in [3.63, 3.8) is 0 Å². The van der Waals surface area contributed by atoms with Gasteiger partial charge in [0.2, 0.25) is 0 Å². The molecular weight excluding hydrogens is 470 g/mol. The zero-order chi connectivity index (χ0) is 25.2. The Morgan fingerprint density at radius 1 is 0.857 bits per heavy atom. The molecule has 1 aliphatic rings. The van der Waals surface area contributed by atoms with Gasteiger partial charge in [0, 0.05) is 12.2 Å². The summed E-state index contributed by atoms with van der Waals surface area (Å²) in [5.41, 5.74) is 0.737. The Kier molecular flexibility index (Phi) is 6.78. The Morgan fingerprint density at radius 3 is 2.23 bits per heavy atom. The summed E-state index contributed by atoms with van der Waals surface area (Å²) in [5.74, 6) is 0. The van der Waals surface area contributed by atoms with Crippen molar-refractivity contribution in [2.24, 2.45) is 0 Å². The van der Waals surface area contributed by atoms with E-state index in [-0.39, 0.29) is 18.3 Å². The predicted molar refractivity (Wildman–Crippen MR) is 120 cm³/mol. The minimum absolute atomic E-state index is 0.0120. The molecule has 1 N–H and O–H groups in total. The molecule has 1 unspecified atom stereocenters.